The Hall–Kier alpha value is -2.96. The van der Waals surface area contributed by atoms with Gasteiger partial charge in [0.1, 0.15) is 6.10 Å². The molecule has 3 atom stereocenters. The number of esters is 1. The zero-order chi connectivity index (χ0) is 45.2. The van der Waals surface area contributed by atoms with E-state index in [-0.39, 0.29) is 24.9 Å². The molecular weight excluding hydrogens is 767 g/mol. The van der Waals surface area contributed by atoms with Crippen LogP contribution in [0.25, 0.3) is 0 Å². The molecule has 6 heteroatoms. The minimum atomic E-state index is -0.819. The van der Waals surface area contributed by atoms with E-state index in [1.54, 1.807) is 0 Å². The Morgan fingerprint density at radius 3 is 1.47 bits per heavy atom. The van der Waals surface area contributed by atoms with Crippen molar-refractivity contribution in [1.82, 2.24) is 5.32 Å². The van der Waals surface area contributed by atoms with Gasteiger partial charge >= 0.3 is 5.97 Å². The van der Waals surface area contributed by atoms with Gasteiger partial charge in [0.25, 0.3) is 0 Å². The average molecular weight is 864 g/mol. The zero-order valence-electron chi connectivity index (χ0n) is 40.5. The highest BCUT2D eigenvalue weighted by atomic mass is 16.5. The molecule has 0 saturated heterocycles. The van der Waals surface area contributed by atoms with Crippen molar-refractivity contribution in [1.29, 1.82) is 0 Å². The Bertz CT molecular complexity index is 1200. The first-order chi connectivity index (χ1) is 30.5. The molecule has 0 spiro atoms. The SMILES string of the molecule is CCC/C=C/C=C/C=C/C=C/C=C/CCCCCCCC(=O)OC(/C=C/C/C=C\CCCCCCCC)CC(=O)NC(CO)C(O)CCCCCCCCCCCCCCCC. The van der Waals surface area contributed by atoms with E-state index in [1.807, 2.05) is 36.5 Å². The standard InChI is InChI=1S/C56H97NO5/c1-4-7-10-13-16-19-22-24-26-27-28-29-31-34-37-40-43-46-49-56(61)62-52(47-44-41-38-35-32-21-18-15-12-9-6-3)50-55(60)57-53(51-58)54(59)48-45-42-39-36-33-30-25-23-20-17-14-11-8-5-2/h10,13,16,19,22,24,26-29,35,38,44,47,52-54,58-59H,4-9,11-12,14-15,17-18,20-21,23,25,30-34,36-37,39-43,45-46,48-51H2,1-3H3,(H,57,60)/b13-10+,19-16+,24-22+,27-26+,29-28+,38-35-,47-44+. The minimum Gasteiger partial charge on any atom is -0.458 e. The lowest BCUT2D eigenvalue weighted by Gasteiger charge is -2.23. The minimum absolute atomic E-state index is 0.0431. The normalized spacial score (nSPS) is 14.0. The second-order valence-electron chi connectivity index (χ2n) is 17.3. The summed E-state index contributed by atoms with van der Waals surface area (Å²) in [5.74, 6) is -0.635. The first-order valence-electron chi connectivity index (χ1n) is 25.9. The molecule has 0 radical (unpaired) electrons. The summed E-state index contributed by atoms with van der Waals surface area (Å²) in [5.41, 5.74) is 0. The number of hydrogen-bond donors (Lipinski definition) is 3. The Balaban J connectivity index is 4.66. The summed E-state index contributed by atoms with van der Waals surface area (Å²) in [6.45, 7) is 6.35. The second-order valence-corrected chi connectivity index (χ2v) is 17.3. The van der Waals surface area contributed by atoms with Crippen LogP contribution in [0.4, 0.5) is 0 Å². The van der Waals surface area contributed by atoms with Gasteiger partial charge in [0, 0.05) is 6.42 Å². The number of aliphatic hydroxyl groups is 2. The lowest BCUT2D eigenvalue weighted by molar-refractivity contribution is -0.148. The monoisotopic (exact) mass is 864 g/mol. The topological polar surface area (TPSA) is 95.9 Å². The van der Waals surface area contributed by atoms with E-state index in [9.17, 15) is 19.8 Å². The van der Waals surface area contributed by atoms with Crippen molar-refractivity contribution >= 4 is 11.9 Å². The number of ether oxygens (including phenoxy) is 1. The summed E-state index contributed by atoms with van der Waals surface area (Å²) in [5, 5.41) is 23.7. The fourth-order valence-electron chi connectivity index (χ4n) is 7.37. The molecule has 0 bridgehead atoms. The molecule has 0 rings (SSSR count). The molecule has 0 aliphatic heterocycles. The van der Waals surface area contributed by atoms with Gasteiger partial charge in [-0.2, -0.15) is 0 Å². The van der Waals surface area contributed by atoms with Gasteiger partial charge < -0.3 is 20.3 Å². The van der Waals surface area contributed by atoms with E-state index >= 15 is 0 Å². The third kappa shape index (κ3) is 43.7. The average Bonchev–Trinajstić information content (AvgIpc) is 3.26. The van der Waals surface area contributed by atoms with Gasteiger partial charge in [-0.3, -0.25) is 9.59 Å². The molecule has 0 aliphatic carbocycles. The van der Waals surface area contributed by atoms with Crippen LogP contribution in [-0.2, 0) is 14.3 Å². The molecule has 356 valence electrons. The number of aliphatic hydroxyl groups excluding tert-OH is 2. The van der Waals surface area contributed by atoms with Gasteiger partial charge in [-0.1, -0.05) is 247 Å². The maximum Gasteiger partial charge on any atom is 0.306 e. The molecular formula is C56H97NO5. The van der Waals surface area contributed by atoms with Crippen LogP contribution in [0.2, 0.25) is 0 Å². The molecule has 0 fully saturated rings. The number of unbranched alkanes of at least 4 members (excludes halogenated alkanes) is 25. The molecule has 62 heavy (non-hydrogen) atoms. The molecule has 0 heterocycles. The van der Waals surface area contributed by atoms with E-state index in [2.05, 4.69) is 74.7 Å². The van der Waals surface area contributed by atoms with E-state index in [1.165, 1.54) is 116 Å². The van der Waals surface area contributed by atoms with Crippen molar-refractivity contribution in [3.8, 4) is 0 Å². The van der Waals surface area contributed by atoms with Crippen LogP contribution in [0.5, 0.6) is 0 Å². The van der Waals surface area contributed by atoms with Crippen molar-refractivity contribution in [2.75, 3.05) is 6.61 Å². The van der Waals surface area contributed by atoms with E-state index in [0.29, 0.717) is 19.3 Å². The predicted molar refractivity (Wildman–Crippen MR) is 268 cm³/mol. The van der Waals surface area contributed by atoms with Crippen LogP contribution in [0.1, 0.15) is 233 Å². The van der Waals surface area contributed by atoms with Crippen LogP contribution in [0, 0.1) is 0 Å². The fraction of sp³-hybridized carbons (Fsp3) is 0.714. The van der Waals surface area contributed by atoms with Gasteiger partial charge in [-0.15, -0.1) is 0 Å². The number of rotatable bonds is 45. The highest BCUT2D eigenvalue weighted by Gasteiger charge is 2.23. The van der Waals surface area contributed by atoms with Crippen molar-refractivity contribution in [3.05, 3.63) is 85.1 Å². The number of carbonyl (C=O) groups excluding carboxylic acids is 2. The van der Waals surface area contributed by atoms with E-state index in [0.717, 1.165) is 70.6 Å². The van der Waals surface area contributed by atoms with Gasteiger partial charge in [-0.05, 0) is 57.4 Å². The number of nitrogens with one attached hydrogen (secondary N) is 1. The zero-order valence-corrected chi connectivity index (χ0v) is 40.5. The van der Waals surface area contributed by atoms with Crippen LogP contribution >= 0.6 is 0 Å². The first kappa shape index (κ1) is 59.0. The summed E-state index contributed by atoms with van der Waals surface area (Å²) in [4.78, 5) is 26.1. The third-order valence-electron chi connectivity index (χ3n) is 11.3. The number of carbonyl (C=O) groups is 2. The summed E-state index contributed by atoms with van der Waals surface area (Å²) in [6, 6.07) is -0.741. The molecule has 3 N–H and O–H groups in total. The number of allylic oxidation sites excluding steroid dienone is 13. The Labute approximate surface area is 383 Å². The van der Waals surface area contributed by atoms with Crippen LogP contribution in [0.15, 0.2) is 85.1 Å². The Morgan fingerprint density at radius 1 is 0.500 bits per heavy atom. The van der Waals surface area contributed by atoms with Gasteiger partial charge in [0.05, 0.1) is 25.2 Å². The lowest BCUT2D eigenvalue weighted by Crippen LogP contribution is -2.46. The van der Waals surface area contributed by atoms with Crippen molar-refractivity contribution < 1.29 is 24.5 Å². The largest absolute Gasteiger partial charge is 0.458 e. The number of amides is 1. The smallest absolute Gasteiger partial charge is 0.306 e. The summed E-state index contributed by atoms with van der Waals surface area (Å²) < 4.78 is 5.82. The fourth-order valence-corrected chi connectivity index (χ4v) is 7.37. The molecule has 3 unspecified atom stereocenters. The molecule has 0 aromatic carbocycles. The molecule has 0 aromatic rings. The molecule has 0 aromatic heterocycles. The lowest BCUT2D eigenvalue weighted by atomic mass is 10.0. The van der Waals surface area contributed by atoms with Crippen LogP contribution in [-0.4, -0.2) is 46.9 Å². The third-order valence-corrected chi connectivity index (χ3v) is 11.3. The maximum atomic E-state index is 13.2. The molecule has 0 saturated carbocycles. The Kier molecular flexibility index (Phi) is 46.7. The van der Waals surface area contributed by atoms with Gasteiger partial charge in [0.2, 0.25) is 5.91 Å². The maximum absolute atomic E-state index is 13.2. The van der Waals surface area contributed by atoms with Crippen molar-refractivity contribution in [3.63, 3.8) is 0 Å². The molecule has 6 nitrogen and oxygen atoms in total. The van der Waals surface area contributed by atoms with E-state index < -0.39 is 18.2 Å². The molecule has 1 amide bonds. The van der Waals surface area contributed by atoms with Crippen molar-refractivity contribution in [2.45, 2.75) is 251 Å². The quantitative estimate of drug-likeness (QED) is 0.0245. The molecule has 0 aliphatic rings. The highest BCUT2D eigenvalue weighted by molar-refractivity contribution is 5.78. The summed E-state index contributed by atoms with van der Waals surface area (Å²) in [7, 11) is 0. The van der Waals surface area contributed by atoms with Crippen LogP contribution < -0.4 is 5.32 Å². The van der Waals surface area contributed by atoms with Crippen molar-refractivity contribution in [2.24, 2.45) is 0 Å². The van der Waals surface area contributed by atoms with Crippen LogP contribution in [0.3, 0.4) is 0 Å². The highest BCUT2D eigenvalue weighted by Crippen LogP contribution is 2.16. The summed E-state index contributed by atoms with van der Waals surface area (Å²) in [6.07, 6.45) is 63.8. The van der Waals surface area contributed by atoms with Gasteiger partial charge in [-0.25, -0.2) is 0 Å². The second kappa shape index (κ2) is 49.1. The van der Waals surface area contributed by atoms with E-state index in [4.69, 9.17) is 4.74 Å². The summed E-state index contributed by atoms with van der Waals surface area (Å²) >= 11 is 0. The predicted octanol–water partition coefficient (Wildman–Crippen LogP) is 15.6. The van der Waals surface area contributed by atoms with Gasteiger partial charge in [0.15, 0.2) is 0 Å². The first-order valence-corrected chi connectivity index (χ1v) is 25.9. The number of hydrogen-bond acceptors (Lipinski definition) is 5. The Morgan fingerprint density at radius 2 is 0.952 bits per heavy atom.